The van der Waals surface area contributed by atoms with Gasteiger partial charge in [-0.3, -0.25) is 9.48 Å². The number of carbonyl (C=O) groups is 1. The highest BCUT2D eigenvalue weighted by atomic mass is 16.6. The van der Waals surface area contributed by atoms with Crippen molar-refractivity contribution in [1.82, 2.24) is 14.7 Å². The van der Waals surface area contributed by atoms with E-state index in [1.165, 1.54) is 0 Å². The van der Waals surface area contributed by atoms with Crippen molar-refractivity contribution >= 4 is 5.91 Å². The molecule has 0 radical (unpaired) electrons. The minimum atomic E-state index is -0.604. The maximum absolute atomic E-state index is 13.0. The number of nitrogens with zero attached hydrogens (tertiary/aromatic N) is 3. The number of hydrogen-bond acceptors (Lipinski definition) is 4. The lowest BCUT2D eigenvalue weighted by Gasteiger charge is -2.38. The molecule has 4 rings (SSSR count). The van der Waals surface area contributed by atoms with Gasteiger partial charge in [0.2, 0.25) is 6.10 Å². The molecule has 1 fully saturated rings. The van der Waals surface area contributed by atoms with Crippen LogP contribution >= 0.6 is 0 Å². The third-order valence-corrected chi connectivity index (χ3v) is 4.90. The molecule has 2 aliphatic heterocycles. The van der Waals surface area contributed by atoms with Gasteiger partial charge in [-0.25, -0.2) is 0 Å². The number of ether oxygens (including phenoxy) is 2. The maximum atomic E-state index is 13.0. The van der Waals surface area contributed by atoms with Gasteiger partial charge in [-0.2, -0.15) is 5.10 Å². The monoisotopic (exact) mass is 341 g/mol. The minimum Gasteiger partial charge on any atom is -0.482 e. The van der Waals surface area contributed by atoms with Gasteiger partial charge in [0.1, 0.15) is 6.10 Å². The van der Waals surface area contributed by atoms with E-state index in [9.17, 15) is 4.79 Å². The van der Waals surface area contributed by atoms with E-state index >= 15 is 0 Å². The van der Waals surface area contributed by atoms with Gasteiger partial charge in [-0.1, -0.05) is 12.1 Å². The number of fused-ring (bicyclic) bond motifs is 1. The number of piperidine rings is 1. The second kappa shape index (κ2) is 6.43. The van der Waals surface area contributed by atoms with Crippen LogP contribution in [0, 0.1) is 6.92 Å². The molecule has 0 saturated carbocycles. The number of aryl methyl sites for hydroxylation is 1. The van der Waals surface area contributed by atoms with Crippen molar-refractivity contribution in [3.05, 3.63) is 42.2 Å². The highest BCUT2D eigenvalue weighted by Crippen LogP contribution is 2.34. The first kappa shape index (κ1) is 16.0. The lowest BCUT2D eigenvalue weighted by molar-refractivity contribution is -0.146. The Morgan fingerprint density at radius 1 is 1.24 bits per heavy atom. The van der Waals surface area contributed by atoms with Crippen LogP contribution < -0.4 is 9.47 Å². The normalized spacial score (nSPS) is 25.7. The van der Waals surface area contributed by atoms with Crippen LogP contribution in [0.4, 0.5) is 0 Å². The van der Waals surface area contributed by atoms with E-state index in [1.54, 1.807) is 0 Å². The molecular formula is C19H23N3O3. The van der Waals surface area contributed by atoms with Crippen LogP contribution in [0.15, 0.2) is 36.7 Å². The smallest absolute Gasteiger partial charge is 0.267 e. The zero-order valence-corrected chi connectivity index (χ0v) is 14.6. The molecular weight excluding hydrogens is 318 g/mol. The fraction of sp³-hybridized carbons (Fsp3) is 0.474. The van der Waals surface area contributed by atoms with Crippen LogP contribution in [0.25, 0.3) is 0 Å². The molecule has 3 heterocycles. The number of aromatic nitrogens is 2. The number of benzene rings is 1. The van der Waals surface area contributed by atoms with E-state index in [0.717, 1.165) is 24.9 Å². The van der Waals surface area contributed by atoms with Gasteiger partial charge in [-0.15, -0.1) is 0 Å². The fourth-order valence-corrected chi connectivity index (χ4v) is 3.57. The molecule has 132 valence electrons. The Morgan fingerprint density at radius 2 is 2.00 bits per heavy atom. The van der Waals surface area contributed by atoms with Crippen molar-refractivity contribution in [1.29, 1.82) is 0 Å². The SMILES string of the molecule is Cc1cnn([C@@H]2CCCN(C(=O)[C@H]3Oc4ccccc4O[C@@H]3C)C2)c1. The quantitative estimate of drug-likeness (QED) is 0.842. The van der Waals surface area contributed by atoms with Gasteiger partial charge in [-0.05, 0) is 44.4 Å². The fourth-order valence-electron chi connectivity index (χ4n) is 3.57. The predicted molar refractivity (Wildman–Crippen MR) is 92.8 cm³/mol. The average molecular weight is 341 g/mol. The molecule has 0 bridgehead atoms. The summed E-state index contributed by atoms with van der Waals surface area (Å²) in [7, 11) is 0. The Kier molecular flexibility index (Phi) is 4.11. The summed E-state index contributed by atoms with van der Waals surface area (Å²) in [5.74, 6) is 1.33. The summed E-state index contributed by atoms with van der Waals surface area (Å²) in [6, 6.07) is 7.71. The maximum Gasteiger partial charge on any atom is 0.267 e. The third-order valence-electron chi connectivity index (χ3n) is 4.90. The first-order valence-corrected chi connectivity index (χ1v) is 8.83. The third kappa shape index (κ3) is 3.08. The number of carbonyl (C=O) groups excluding carboxylic acids is 1. The van der Waals surface area contributed by atoms with Crippen molar-refractivity contribution in [2.75, 3.05) is 13.1 Å². The second-order valence-corrected chi connectivity index (χ2v) is 6.89. The van der Waals surface area contributed by atoms with Gasteiger partial charge in [0.15, 0.2) is 11.5 Å². The molecule has 0 unspecified atom stereocenters. The highest BCUT2D eigenvalue weighted by molar-refractivity contribution is 5.82. The number of hydrogen-bond donors (Lipinski definition) is 0. The summed E-state index contributed by atoms with van der Waals surface area (Å²) >= 11 is 0. The van der Waals surface area contributed by atoms with Gasteiger partial charge in [0, 0.05) is 19.3 Å². The number of para-hydroxylation sites is 2. The lowest BCUT2D eigenvalue weighted by Crippen LogP contribution is -2.53. The molecule has 2 aliphatic rings. The summed E-state index contributed by atoms with van der Waals surface area (Å²) < 4.78 is 13.8. The van der Waals surface area contributed by atoms with Crippen molar-refractivity contribution in [3.63, 3.8) is 0 Å². The van der Waals surface area contributed by atoms with Crippen LogP contribution in [-0.2, 0) is 4.79 Å². The largest absolute Gasteiger partial charge is 0.482 e. The summed E-state index contributed by atoms with van der Waals surface area (Å²) in [5, 5.41) is 4.41. The van der Waals surface area contributed by atoms with E-state index in [4.69, 9.17) is 9.47 Å². The van der Waals surface area contributed by atoms with Crippen molar-refractivity contribution in [3.8, 4) is 11.5 Å². The van der Waals surface area contributed by atoms with Gasteiger partial charge in [0.25, 0.3) is 5.91 Å². The number of rotatable bonds is 2. The molecule has 1 saturated heterocycles. The van der Waals surface area contributed by atoms with Crippen molar-refractivity contribution in [2.24, 2.45) is 0 Å². The van der Waals surface area contributed by atoms with Gasteiger partial charge in [0.05, 0.1) is 12.2 Å². The van der Waals surface area contributed by atoms with Crippen LogP contribution in [0.2, 0.25) is 0 Å². The zero-order valence-electron chi connectivity index (χ0n) is 14.6. The summed E-state index contributed by atoms with van der Waals surface area (Å²) in [5.41, 5.74) is 1.14. The molecule has 6 heteroatoms. The molecule has 1 amide bonds. The van der Waals surface area contributed by atoms with E-state index < -0.39 is 6.10 Å². The zero-order chi connectivity index (χ0) is 17.4. The molecule has 0 spiro atoms. The van der Waals surface area contributed by atoms with Crippen LogP contribution in [0.5, 0.6) is 11.5 Å². The van der Waals surface area contributed by atoms with Crippen molar-refractivity contribution < 1.29 is 14.3 Å². The van der Waals surface area contributed by atoms with E-state index in [-0.39, 0.29) is 18.1 Å². The van der Waals surface area contributed by atoms with Gasteiger partial charge >= 0.3 is 0 Å². The highest BCUT2D eigenvalue weighted by Gasteiger charge is 2.38. The van der Waals surface area contributed by atoms with Crippen LogP contribution in [0.1, 0.15) is 31.4 Å². The predicted octanol–water partition coefficient (Wildman–Crippen LogP) is 2.58. The van der Waals surface area contributed by atoms with Gasteiger partial charge < -0.3 is 14.4 Å². The Hall–Kier alpha value is -2.50. The first-order valence-electron chi connectivity index (χ1n) is 8.83. The minimum absolute atomic E-state index is 0.00409. The van der Waals surface area contributed by atoms with Crippen molar-refractivity contribution in [2.45, 2.75) is 44.9 Å². The average Bonchev–Trinajstić information content (AvgIpc) is 3.07. The Bertz CT molecular complexity index is 773. The molecule has 0 N–H and O–H groups in total. The molecule has 0 aliphatic carbocycles. The molecule has 25 heavy (non-hydrogen) atoms. The molecule has 1 aromatic heterocycles. The summed E-state index contributed by atoms with van der Waals surface area (Å²) in [6.07, 6.45) is 4.98. The molecule has 6 nitrogen and oxygen atoms in total. The molecule has 2 aromatic rings. The number of amides is 1. The Morgan fingerprint density at radius 3 is 2.72 bits per heavy atom. The van der Waals surface area contributed by atoms with Crippen LogP contribution in [0.3, 0.4) is 0 Å². The number of likely N-dealkylation sites (tertiary alicyclic amines) is 1. The molecule has 3 atom stereocenters. The first-order chi connectivity index (χ1) is 12.1. The van der Waals surface area contributed by atoms with Crippen LogP contribution in [-0.4, -0.2) is 45.9 Å². The summed E-state index contributed by atoms with van der Waals surface area (Å²) in [6.45, 7) is 5.33. The topological polar surface area (TPSA) is 56.6 Å². The van der Waals surface area contributed by atoms with E-state index in [0.29, 0.717) is 18.0 Å². The second-order valence-electron chi connectivity index (χ2n) is 6.89. The van der Waals surface area contributed by atoms with E-state index in [1.807, 2.05) is 60.1 Å². The Labute approximate surface area is 147 Å². The summed E-state index contributed by atoms with van der Waals surface area (Å²) in [4.78, 5) is 14.9. The molecule has 1 aromatic carbocycles. The lowest BCUT2D eigenvalue weighted by atomic mass is 10.0. The standard InChI is InChI=1S/C19H23N3O3/c1-13-10-20-22(11-13)15-6-5-9-21(12-15)19(23)18-14(2)24-16-7-3-4-8-17(16)25-18/h3-4,7-8,10-11,14-15,18H,5-6,9,12H2,1-2H3/t14-,15-,18+/m1/s1. The Balaban J connectivity index is 1.49. The van der Waals surface area contributed by atoms with E-state index in [2.05, 4.69) is 5.10 Å².